The number of nitriles is 1. The van der Waals surface area contributed by atoms with E-state index in [9.17, 15) is 0 Å². The fourth-order valence-electron chi connectivity index (χ4n) is 1.77. The number of nitrogens with zero attached hydrogens (tertiary/aromatic N) is 1. The SMILES string of the molecule is N#Cc1ccc(CNOC2CCCC2)o1. The first-order valence-electron chi connectivity index (χ1n) is 5.26. The Morgan fingerprint density at radius 1 is 1.47 bits per heavy atom. The van der Waals surface area contributed by atoms with Crippen LogP contribution in [0.1, 0.15) is 37.2 Å². The Morgan fingerprint density at radius 2 is 2.27 bits per heavy atom. The largest absolute Gasteiger partial charge is 0.449 e. The lowest BCUT2D eigenvalue weighted by molar-refractivity contribution is -0.0268. The predicted octanol–water partition coefficient (Wildman–Crippen LogP) is 2.12. The first-order valence-corrected chi connectivity index (χ1v) is 5.26. The van der Waals surface area contributed by atoms with Crippen molar-refractivity contribution in [2.75, 3.05) is 0 Å². The maximum absolute atomic E-state index is 8.55. The summed E-state index contributed by atoms with van der Waals surface area (Å²) in [6.45, 7) is 0.512. The monoisotopic (exact) mass is 206 g/mol. The molecule has 15 heavy (non-hydrogen) atoms. The molecule has 0 radical (unpaired) electrons. The van der Waals surface area contributed by atoms with Crippen molar-refractivity contribution >= 4 is 0 Å². The minimum atomic E-state index is 0.340. The second kappa shape index (κ2) is 4.96. The number of hydrogen-bond donors (Lipinski definition) is 1. The van der Waals surface area contributed by atoms with Crippen molar-refractivity contribution in [1.29, 1.82) is 5.26 Å². The molecule has 1 fully saturated rings. The zero-order valence-electron chi connectivity index (χ0n) is 8.53. The van der Waals surface area contributed by atoms with E-state index in [-0.39, 0.29) is 0 Å². The molecule has 0 atom stereocenters. The van der Waals surface area contributed by atoms with Gasteiger partial charge in [0.15, 0.2) is 0 Å². The average Bonchev–Trinajstić information content (AvgIpc) is 2.88. The van der Waals surface area contributed by atoms with Crippen LogP contribution >= 0.6 is 0 Å². The highest BCUT2D eigenvalue weighted by Gasteiger charge is 2.15. The molecule has 1 saturated carbocycles. The van der Waals surface area contributed by atoms with Crippen molar-refractivity contribution in [1.82, 2.24) is 5.48 Å². The zero-order chi connectivity index (χ0) is 10.5. The molecule has 1 N–H and O–H groups in total. The summed E-state index contributed by atoms with van der Waals surface area (Å²) in [6, 6.07) is 5.38. The van der Waals surface area contributed by atoms with E-state index < -0.39 is 0 Å². The van der Waals surface area contributed by atoms with Gasteiger partial charge in [-0.05, 0) is 25.0 Å². The van der Waals surface area contributed by atoms with Gasteiger partial charge >= 0.3 is 0 Å². The third kappa shape index (κ3) is 2.82. The van der Waals surface area contributed by atoms with Crippen molar-refractivity contribution < 1.29 is 9.25 Å². The van der Waals surface area contributed by atoms with Crippen molar-refractivity contribution in [2.24, 2.45) is 0 Å². The number of nitrogens with one attached hydrogen (secondary N) is 1. The third-order valence-electron chi connectivity index (χ3n) is 2.57. The molecule has 0 amide bonds. The number of hydroxylamine groups is 1. The van der Waals surface area contributed by atoms with Crippen molar-refractivity contribution in [2.45, 2.75) is 38.3 Å². The van der Waals surface area contributed by atoms with Gasteiger partial charge in [-0.2, -0.15) is 10.7 Å². The van der Waals surface area contributed by atoms with Crippen LogP contribution in [0.4, 0.5) is 0 Å². The van der Waals surface area contributed by atoms with Crippen molar-refractivity contribution in [3.63, 3.8) is 0 Å². The van der Waals surface area contributed by atoms with E-state index in [2.05, 4.69) is 5.48 Å². The maximum Gasteiger partial charge on any atom is 0.203 e. The molecule has 80 valence electrons. The highest BCUT2D eigenvalue weighted by Crippen LogP contribution is 2.20. The molecular formula is C11H14N2O2. The molecule has 2 rings (SSSR count). The molecule has 0 saturated heterocycles. The summed E-state index contributed by atoms with van der Waals surface area (Å²) in [5.41, 5.74) is 2.88. The summed E-state index contributed by atoms with van der Waals surface area (Å²) >= 11 is 0. The van der Waals surface area contributed by atoms with Crippen LogP contribution in [0.25, 0.3) is 0 Å². The molecule has 4 heteroatoms. The summed E-state index contributed by atoms with van der Waals surface area (Å²) in [5, 5.41) is 8.55. The second-order valence-corrected chi connectivity index (χ2v) is 3.72. The molecule has 1 aliphatic rings. The van der Waals surface area contributed by atoms with Crippen LogP contribution in [0.5, 0.6) is 0 Å². The van der Waals surface area contributed by atoms with Crippen LogP contribution in [0.2, 0.25) is 0 Å². The lowest BCUT2D eigenvalue weighted by Gasteiger charge is -2.10. The summed E-state index contributed by atoms with van der Waals surface area (Å²) < 4.78 is 5.19. The van der Waals surface area contributed by atoms with Gasteiger partial charge in [0.1, 0.15) is 11.8 Å². The summed E-state index contributed by atoms with van der Waals surface area (Å²) in [6.07, 6.45) is 5.12. The van der Waals surface area contributed by atoms with Crippen LogP contribution < -0.4 is 5.48 Å². The van der Waals surface area contributed by atoms with E-state index in [0.717, 1.165) is 18.6 Å². The van der Waals surface area contributed by atoms with Crippen LogP contribution in [-0.2, 0) is 11.4 Å². The van der Waals surface area contributed by atoms with E-state index in [1.54, 1.807) is 12.1 Å². The van der Waals surface area contributed by atoms with Crippen LogP contribution in [-0.4, -0.2) is 6.10 Å². The Labute approximate surface area is 88.8 Å². The number of furan rings is 1. The fourth-order valence-corrected chi connectivity index (χ4v) is 1.77. The third-order valence-corrected chi connectivity index (χ3v) is 2.57. The fraction of sp³-hybridized carbons (Fsp3) is 0.545. The maximum atomic E-state index is 8.55. The molecule has 1 aromatic rings. The van der Waals surface area contributed by atoms with Gasteiger partial charge in [0, 0.05) is 0 Å². The minimum Gasteiger partial charge on any atom is -0.449 e. The van der Waals surface area contributed by atoms with Crippen molar-refractivity contribution in [3.8, 4) is 6.07 Å². The first kappa shape index (κ1) is 10.2. The Morgan fingerprint density at radius 3 is 2.93 bits per heavy atom. The highest BCUT2D eigenvalue weighted by atomic mass is 16.7. The summed E-state index contributed by atoms with van der Waals surface area (Å²) in [7, 11) is 0. The molecule has 0 spiro atoms. The molecule has 0 aromatic carbocycles. The minimum absolute atomic E-state index is 0.340. The van der Waals surface area contributed by atoms with Crippen LogP contribution in [0, 0.1) is 11.3 Å². The van der Waals surface area contributed by atoms with E-state index in [0.29, 0.717) is 18.4 Å². The summed E-state index contributed by atoms with van der Waals surface area (Å²) in [4.78, 5) is 5.46. The van der Waals surface area contributed by atoms with Gasteiger partial charge in [-0.1, -0.05) is 12.8 Å². The van der Waals surface area contributed by atoms with Gasteiger partial charge in [-0.25, -0.2) is 0 Å². The van der Waals surface area contributed by atoms with Gasteiger partial charge in [-0.3, -0.25) is 4.84 Å². The Hall–Kier alpha value is -1.31. The molecule has 1 aliphatic carbocycles. The molecule has 1 heterocycles. The predicted molar refractivity (Wildman–Crippen MR) is 53.6 cm³/mol. The Bertz CT molecular complexity index is 348. The quantitative estimate of drug-likeness (QED) is 0.766. The highest BCUT2D eigenvalue weighted by molar-refractivity contribution is 5.18. The molecule has 1 aromatic heterocycles. The van der Waals surface area contributed by atoms with E-state index in [4.69, 9.17) is 14.5 Å². The van der Waals surface area contributed by atoms with Gasteiger partial charge in [0.25, 0.3) is 0 Å². The van der Waals surface area contributed by atoms with Gasteiger partial charge in [0.2, 0.25) is 5.76 Å². The topological polar surface area (TPSA) is 58.2 Å². The van der Waals surface area contributed by atoms with Gasteiger partial charge in [-0.15, -0.1) is 0 Å². The molecule has 0 bridgehead atoms. The zero-order valence-corrected chi connectivity index (χ0v) is 8.53. The second-order valence-electron chi connectivity index (χ2n) is 3.72. The van der Waals surface area contributed by atoms with Crippen LogP contribution in [0.3, 0.4) is 0 Å². The Kier molecular flexibility index (Phi) is 3.38. The number of rotatable bonds is 4. The van der Waals surface area contributed by atoms with Gasteiger partial charge < -0.3 is 4.42 Å². The lowest BCUT2D eigenvalue weighted by Crippen LogP contribution is -2.20. The van der Waals surface area contributed by atoms with E-state index >= 15 is 0 Å². The average molecular weight is 206 g/mol. The first-order chi connectivity index (χ1) is 7.38. The van der Waals surface area contributed by atoms with E-state index in [1.165, 1.54) is 12.8 Å². The smallest absolute Gasteiger partial charge is 0.203 e. The van der Waals surface area contributed by atoms with Crippen molar-refractivity contribution in [3.05, 3.63) is 23.7 Å². The molecule has 0 unspecified atom stereocenters. The summed E-state index contributed by atoms with van der Waals surface area (Å²) in [5.74, 6) is 1.07. The Balaban J connectivity index is 1.71. The molecule has 0 aliphatic heterocycles. The standard InChI is InChI=1S/C11H14N2O2/c12-7-10-5-6-11(14-10)8-13-15-9-3-1-2-4-9/h5-6,9,13H,1-4,8H2. The van der Waals surface area contributed by atoms with Gasteiger partial charge in [0.05, 0.1) is 12.6 Å². The normalized spacial score (nSPS) is 16.7. The van der Waals surface area contributed by atoms with E-state index in [1.807, 2.05) is 6.07 Å². The molecular weight excluding hydrogens is 192 g/mol. The number of hydrogen-bond acceptors (Lipinski definition) is 4. The molecule has 4 nitrogen and oxygen atoms in total. The van der Waals surface area contributed by atoms with Crippen LogP contribution in [0.15, 0.2) is 16.5 Å². The lowest BCUT2D eigenvalue weighted by atomic mass is 10.3.